The van der Waals surface area contributed by atoms with Crippen LogP contribution in [0.3, 0.4) is 0 Å². The summed E-state index contributed by atoms with van der Waals surface area (Å²) in [5, 5.41) is 0. The molecule has 0 bridgehead atoms. The van der Waals surface area contributed by atoms with Gasteiger partial charge >= 0.3 is 0 Å². The third-order valence-corrected chi connectivity index (χ3v) is 12.7. The van der Waals surface area contributed by atoms with Crippen LogP contribution < -0.4 is 0 Å². The molecule has 0 saturated carbocycles. The lowest BCUT2D eigenvalue weighted by Crippen LogP contribution is -2.56. The zero-order valence-corrected chi connectivity index (χ0v) is 14.7. The second kappa shape index (κ2) is 5.11. The molecule has 0 heterocycles. The maximum Gasteiger partial charge on any atom is 0.195 e. The molecule has 1 aromatic rings. The lowest BCUT2D eigenvalue weighted by Gasteiger charge is -2.46. The number of rotatable bonds is 3. The topological polar surface area (TPSA) is 40.5 Å². The number of allylic oxidation sites excluding steroid dienone is 4. The molecule has 0 saturated heterocycles. The SMILES string of the molecule is C[Si](C)(O)C1([Si](C)(C)O)C=CC(c2ccccc2)C=C1. The summed E-state index contributed by atoms with van der Waals surface area (Å²) in [5.74, 6) is 0.233. The first kappa shape index (κ1) is 15.4. The van der Waals surface area contributed by atoms with Crippen molar-refractivity contribution in [1.29, 1.82) is 0 Å². The first-order chi connectivity index (χ1) is 9.17. The van der Waals surface area contributed by atoms with Crippen LogP contribution in [0.2, 0.25) is 30.8 Å². The van der Waals surface area contributed by atoms with Crippen LogP contribution in [0.4, 0.5) is 0 Å². The highest BCUT2D eigenvalue weighted by atomic mass is 28.4. The molecule has 0 unspecified atom stereocenters. The Morgan fingerprint density at radius 2 is 1.30 bits per heavy atom. The third kappa shape index (κ3) is 2.61. The zero-order valence-electron chi connectivity index (χ0n) is 12.7. The average molecular weight is 305 g/mol. The van der Waals surface area contributed by atoms with Gasteiger partial charge in [-0.05, 0) is 31.8 Å². The van der Waals surface area contributed by atoms with Gasteiger partial charge in [0.25, 0.3) is 0 Å². The first-order valence-corrected chi connectivity index (χ1v) is 13.0. The summed E-state index contributed by atoms with van der Waals surface area (Å²) < 4.78 is -0.509. The molecule has 0 amide bonds. The van der Waals surface area contributed by atoms with Crippen molar-refractivity contribution in [3.63, 3.8) is 0 Å². The predicted octanol–water partition coefficient (Wildman–Crippen LogP) is 3.57. The van der Waals surface area contributed by atoms with Crippen molar-refractivity contribution < 1.29 is 9.59 Å². The monoisotopic (exact) mass is 304 g/mol. The summed E-state index contributed by atoms with van der Waals surface area (Å²) in [4.78, 5) is 21.4. The molecule has 0 radical (unpaired) electrons. The Balaban J connectivity index is 2.38. The summed E-state index contributed by atoms with van der Waals surface area (Å²) in [6.45, 7) is 7.65. The second-order valence-electron chi connectivity index (χ2n) is 6.64. The summed E-state index contributed by atoms with van der Waals surface area (Å²) >= 11 is 0. The van der Waals surface area contributed by atoms with Gasteiger partial charge in [-0.3, -0.25) is 0 Å². The largest absolute Gasteiger partial charge is 0.431 e. The third-order valence-electron chi connectivity index (χ3n) is 4.34. The van der Waals surface area contributed by atoms with E-state index >= 15 is 0 Å². The van der Waals surface area contributed by atoms with Gasteiger partial charge in [0.1, 0.15) is 0 Å². The summed E-state index contributed by atoms with van der Waals surface area (Å²) in [6.07, 6.45) is 8.41. The van der Waals surface area contributed by atoms with E-state index in [0.29, 0.717) is 0 Å². The van der Waals surface area contributed by atoms with Gasteiger partial charge in [0.15, 0.2) is 16.6 Å². The molecule has 2 nitrogen and oxygen atoms in total. The van der Waals surface area contributed by atoms with Crippen LogP contribution in [0.1, 0.15) is 11.5 Å². The molecule has 1 aliphatic carbocycles. The molecule has 20 heavy (non-hydrogen) atoms. The first-order valence-electron chi connectivity index (χ1n) is 7.06. The molecule has 108 valence electrons. The van der Waals surface area contributed by atoms with Crippen LogP contribution in [0.15, 0.2) is 54.6 Å². The Bertz CT molecular complexity index is 492. The van der Waals surface area contributed by atoms with Crippen LogP contribution in [0, 0.1) is 0 Å². The molecule has 0 spiro atoms. The van der Waals surface area contributed by atoms with Crippen molar-refractivity contribution in [2.45, 2.75) is 36.8 Å². The van der Waals surface area contributed by atoms with Crippen molar-refractivity contribution in [1.82, 2.24) is 0 Å². The molecular formula is C16H24O2Si2. The Kier molecular flexibility index (Phi) is 3.95. The van der Waals surface area contributed by atoms with Gasteiger partial charge in [-0.1, -0.05) is 54.6 Å². The van der Waals surface area contributed by atoms with E-state index < -0.39 is 21.3 Å². The molecule has 2 N–H and O–H groups in total. The summed E-state index contributed by atoms with van der Waals surface area (Å²) in [6, 6.07) is 10.3. The molecule has 0 fully saturated rings. The maximum absolute atomic E-state index is 10.7. The molecule has 0 atom stereocenters. The van der Waals surface area contributed by atoms with Gasteiger partial charge in [0.05, 0.1) is 0 Å². The van der Waals surface area contributed by atoms with Gasteiger partial charge in [-0.25, -0.2) is 0 Å². The predicted molar refractivity (Wildman–Crippen MR) is 89.6 cm³/mol. The van der Waals surface area contributed by atoms with Gasteiger partial charge in [0.2, 0.25) is 0 Å². The van der Waals surface area contributed by atoms with E-state index in [-0.39, 0.29) is 5.92 Å². The van der Waals surface area contributed by atoms with E-state index in [1.807, 2.05) is 44.4 Å². The minimum Gasteiger partial charge on any atom is -0.431 e. The Morgan fingerprint density at radius 3 is 1.70 bits per heavy atom. The standard InChI is InChI=1S/C16H24O2Si2/c1-19(2,17)16(20(3,4)18)12-10-15(11-13-16)14-8-6-5-7-9-14/h5-13,15,17-18H,1-4H3. The van der Waals surface area contributed by atoms with Crippen LogP contribution in [-0.4, -0.2) is 26.2 Å². The van der Waals surface area contributed by atoms with E-state index in [0.717, 1.165) is 0 Å². The molecule has 4 heteroatoms. The van der Waals surface area contributed by atoms with Gasteiger partial charge < -0.3 is 9.59 Å². The highest BCUT2D eigenvalue weighted by molar-refractivity contribution is 6.94. The summed E-state index contributed by atoms with van der Waals surface area (Å²) in [5.41, 5.74) is 1.24. The van der Waals surface area contributed by atoms with E-state index in [9.17, 15) is 9.59 Å². The smallest absolute Gasteiger partial charge is 0.195 e. The van der Waals surface area contributed by atoms with E-state index in [2.05, 4.69) is 36.4 Å². The zero-order chi connectivity index (χ0) is 15.0. The van der Waals surface area contributed by atoms with E-state index in [1.165, 1.54) is 5.56 Å². The lowest BCUT2D eigenvalue weighted by atomic mass is 9.94. The Labute approximate surface area is 123 Å². The second-order valence-corrected chi connectivity index (χ2v) is 15.0. The highest BCUT2D eigenvalue weighted by Crippen LogP contribution is 2.50. The lowest BCUT2D eigenvalue weighted by molar-refractivity contribution is 0.492. The van der Waals surface area contributed by atoms with Crippen LogP contribution in [0.25, 0.3) is 0 Å². The quantitative estimate of drug-likeness (QED) is 0.662. The van der Waals surface area contributed by atoms with Crippen molar-refractivity contribution in [2.24, 2.45) is 0 Å². The minimum absolute atomic E-state index is 0.233. The molecule has 0 aliphatic heterocycles. The molecule has 1 aliphatic rings. The van der Waals surface area contributed by atoms with Crippen LogP contribution in [-0.2, 0) is 0 Å². The normalized spacial score (nSPS) is 19.3. The van der Waals surface area contributed by atoms with Gasteiger partial charge in [0, 0.05) is 10.6 Å². The van der Waals surface area contributed by atoms with Crippen molar-refractivity contribution in [3.8, 4) is 0 Å². The van der Waals surface area contributed by atoms with Crippen molar-refractivity contribution >= 4 is 16.6 Å². The van der Waals surface area contributed by atoms with Crippen molar-refractivity contribution in [3.05, 3.63) is 60.2 Å². The fraction of sp³-hybridized carbons (Fsp3) is 0.375. The van der Waals surface area contributed by atoms with E-state index in [1.54, 1.807) is 0 Å². The average Bonchev–Trinajstić information content (AvgIpc) is 2.37. The van der Waals surface area contributed by atoms with E-state index in [4.69, 9.17) is 0 Å². The molecule has 1 aromatic carbocycles. The van der Waals surface area contributed by atoms with Crippen LogP contribution in [0.5, 0.6) is 0 Å². The Hall–Kier alpha value is -0.946. The number of hydrogen-bond acceptors (Lipinski definition) is 2. The summed E-state index contributed by atoms with van der Waals surface area (Å²) in [7, 11) is -5.07. The van der Waals surface area contributed by atoms with Gasteiger partial charge in [-0.15, -0.1) is 0 Å². The minimum atomic E-state index is -2.53. The number of benzene rings is 1. The highest BCUT2D eigenvalue weighted by Gasteiger charge is 2.54. The Morgan fingerprint density at radius 1 is 0.850 bits per heavy atom. The molecule has 0 aromatic heterocycles. The fourth-order valence-electron chi connectivity index (χ4n) is 3.09. The fourth-order valence-corrected chi connectivity index (χ4v) is 11.1. The number of hydrogen-bond donors (Lipinski definition) is 2. The molecule has 2 rings (SSSR count). The maximum atomic E-state index is 10.7. The molecular weight excluding hydrogens is 280 g/mol. The van der Waals surface area contributed by atoms with Crippen LogP contribution >= 0.6 is 0 Å². The van der Waals surface area contributed by atoms with Gasteiger partial charge in [-0.2, -0.15) is 0 Å². The van der Waals surface area contributed by atoms with Crippen molar-refractivity contribution in [2.75, 3.05) is 0 Å².